The Labute approximate surface area is 460 Å². The highest BCUT2D eigenvalue weighted by molar-refractivity contribution is 7.90. The van der Waals surface area contributed by atoms with E-state index in [0.717, 1.165) is 10.5 Å². The number of imide groups is 1. The van der Waals surface area contributed by atoms with E-state index in [2.05, 4.69) is 36.6 Å². The van der Waals surface area contributed by atoms with Crippen molar-refractivity contribution in [3.8, 4) is 0 Å². The fraction of sp³-hybridized carbons (Fsp3) is 0.554. The Morgan fingerprint density at radius 3 is 1.86 bits per heavy atom. The molecule has 0 fully saturated rings. The first-order valence-corrected chi connectivity index (χ1v) is 28.0. The van der Waals surface area contributed by atoms with Crippen LogP contribution in [-0.4, -0.2) is 135 Å². The minimum absolute atomic E-state index is 0.0335. The highest BCUT2D eigenvalue weighted by Crippen LogP contribution is 2.29. The molecule has 78 heavy (non-hydrogen) atoms. The van der Waals surface area contributed by atoms with Crippen molar-refractivity contribution in [3.05, 3.63) is 95.6 Å². The largest absolute Gasteiger partial charge is 0.353 e. The van der Waals surface area contributed by atoms with Gasteiger partial charge in [-0.1, -0.05) is 135 Å². The molecule has 2 aromatic rings. The predicted molar refractivity (Wildman–Crippen MR) is 298 cm³/mol. The Balaban J connectivity index is 1.81. The average Bonchev–Trinajstić information content (AvgIpc) is 3.69. The van der Waals surface area contributed by atoms with Crippen LogP contribution in [0.15, 0.2) is 84.5 Å². The molecule has 0 bridgehead atoms. The summed E-state index contributed by atoms with van der Waals surface area (Å²) >= 11 is 0. The van der Waals surface area contributed by atoms with E-state index < -0.39 is 104 Å². The maximum absolute atomic E-state index is 14.5. The van der Waals surface area contributed by atoms with Gasteiger partial charge in [0.15, 0.2) is 0 Å². The molecule has 6 atom stereocenters. The van der Waals surface area contributed by atoms with Gasteiger partial charge in [-0.2, -0.15) is 0 Å². The number of amides is 10. The monoisotopic (exact) mass is 1100 g/mol. The maximum Gasteiger partial charge on any atom is 0.312 e. The number of hydrogen-bond acceptors (Lipinski definition) is 12. The second-order valence-electron chi connectivity index (χ2n) is 22.0. The third-order valence-electron chi connectivity index (χ3n) is 13.7. The van der Waals surface area contributed by atoms with Crippen LogP contribution in [0.4, 0.5) is 4.79 Å². The summed E-state index contributed by atoms with van der Waals surface area (Å²) in [4.78, 5) is 121. The normalized spacial score (nSPS) is 15.4. The quantitative estimate of drug-likeness (QED) is 0.0317. The zero-order chi connectivity index (χ0) is 58.7. The van der Waals surface area contributed by atoms with Crippen molar-refractivity contribution in [1.82, 2.24) is 46.4 Å². The number of nitrogens with zero attached hydrogens (tertiary/aromatic N) is 2. The van der Waals surface area contributed by atoms with Crippen molar-refractivity contribution >= 4 is 63.3 Å². The summed E-state index contributed by atoms with van der Waals surface area (Å²) in [5.41, 5.74) is 4.90. The second kappa shape index (κ2) is 29.7. The Kier molecular flexibility index (Phi) is 24.9. The summed E-state index contributed by atoms with van der Waals surface area (Å²) in [6.07, 6.45) is 5.47. The van der Waals surface area contributed by atoms with Gasteiger partial charge < -0.3 is 42.5 Å². The van der Waals surface area contributed by atoms with E-state index in [0.29, 0.717) is 19.3 Å². The number of carbonyl (C=O) groups excluding carboxylic acids is 9. The number of unbranched alkanes of at least 4 members (excludes halogenated alkanes) is 2. The van der Waals surface area contributed by atoms with Gasteiger partial charge in [0.05, 0.1) is 12.1 Å². The first-order chi connectivity index (χ1) is 36.4. The minimum Gasteiger partial charge on any atom is -0.353 e. The van der Waals surface area contributed by atoms with E-state index in [1.54, 1.807) is 46.1 Å². The molecule has 0 spiro atoms. The number of rotatable bonds is 30. The molecule has 0 saturated carbocycles. The lowest BCUT2D eigenvalue weighted by atomic mass is 9.76. The number of sulfonamides is 1. The number of nitrogens with one attached hydrogen (secondary N) is 7. The third kappa shape index (κ3) is 19.2. The number of likely N-dealkylation sites (N-methyl/N-ethyl adjacent to an activating group) is 2. The van der Waals surface area contributed by atoms with E-state index in [-0.39, 0.29) is 67.1 Å². The summed E-state index contributed by atoms with van der Waals surface area (Å²) in [7, 11) is -1.41. The Hall–Kier alpha value is -6.94. The topological polar surface area (TPSA) is 304 Å². The molecule has 1 aliphatic heterocycles. The zero-order valence-electron chi connectivity index (χ0n) is 47.4. The van der Waals surface area contributed by atoms with Gasteiger partial charge in [0, 0.05) is 56.2 Å². The second-order valence-corrected chi connectivity index (χ2v) is 23.9. The zero-order valence-corrected chi connectivity index (χ0v) is 48.2. The average molecular weight is 1110 g/mol. The van der Waals surface area contributed by atoms with Crippen LogP contribution in [0, 0.1) is 17.3 Å². The van der Waals surface area contributed by atoms with Gasteiger partial charge in [-0.15, -0.1) is 0 Å². The molecule has 21 nitrogen and oxygen atoms in total. The van der Waals surface area contributed by atoms with E-state index in [9.17, 15) is 51.6 Å². The number of carbonyl (C=O) groups is 9. The van der Waals surface area contributed by atoms with Crippen LogP contribution in [-0.2, 0) is 53.8 Å². The fourth-order valence-electron chi connectivity index (χ4n) is 9.05. The Bertz CT molecular complexity index is 2580. The van der Waals surface area contributed by atoms with Crippen LogP contribution in [0.3, 0.4) is 0 Å². The molecule has 0 radical (unpaired) electrons. The molecule has 22 heteroatoms. The molecule has 430 valence electrons. The van der Waals surface area contributed by atoms with Gasteiger partial charge >= 0.3 is 6.03 Å². The van der Waals surface area contributed by atoms with Gasteiger partial charge in [0.1, 0.15) is 23.4 Å². The molecule has 2 aromatic carbocycles. The first-order valence-electron chi connectivity index (χ1n) is 26.5. The van der Waals surface area contributed by atoms with Crippen LogP contribution in [0.25, 0.3) is 0 Å². The Morgan fingerprint density at radius 2 is 1.32 bits per heavy atom. The van der Waals surface area contributed by atoms with Crippen molar-refractivity contribution in [1.29, 1.82) is 0 Å². The van der Waals surface area contributed by atoms with Crippen LogP contribution < -0.4 is 42.4 Å². The standard InChI is InChI=1S/C56H84N10O11S/c1-35(2)41(65(12)53(74)48(55(6,7)8)63-52(73)47(58-11)56(9,10)39-25-18-14-19-26-39)33-37(5)49(70)64-78(76,77)42(38-23-16-13-17-24-38)34-60-50(71)40(27-22-31-59-54(57)75)61-51(72)46(36(3)4)62-43(67)28-20-15-21-32-66-44(68)29-30-45(66)69/h13-14,16-19,23-26,29-30,33,35-36,40-42,46-48,58H,15,20-22,27-28,31-32,34H2,1-12H3,(H,60,71)(H,61,72)(H,62,67)(H,63,73)(H,64,70)(H3,57,59,75)/b37-33+. The highest BCUT2D eigenvalue weighted by Gasteiger charge is 2.42. The molecular formula is C56H84N10O11S. The summed E-state index contributed by atoms with van der Waals surface area (Å²) in [5.74, 6) is -5.25. The van der Waals surface area contributed by atoms with E-state index >= 15 is 0 Å². The van der Waals surface area contributed by atoms with Crippen molar-refractivity contribution < 1.29 is 51.6 Å². The lowest BCUT2D eigenvalue weighted by Gasteiger charge is -2.40. The van der Waals surface area contributed by atoms with Gasteiger partial charge in [0.25, 0.3) is 17.7 Å². The number of nitrogens with two attached hydrogens (primary N) is 1. The van der Waals surface area contributed by atoms with Crippen molar-refractivity contribution in [2.24, 2.45) is 23.0 Å². The third-order valence-corrected chi connectivity index (χ3v) is 15.4. The SMILES string of the molecule is CNC(C(=O)NC(C(=O)N(C)C(/C=C(\C)C(=O)NS(=O)(=O)C(CNC(=O)C(CCCNC(N)=O)NC(=O)C(NC(=O)CCCCCN1C(=O)C=CC1=O)C(C)C)c1ccccc1)C(C)C)C(C)(C)C)C(C)(C)c1ccccc1. The molecule has 0 aliphatic carbocycles. The van der Waals surface area contributed by atoms with Crippen LogP contribution in [0.5, 0.6) is 0 Å². The summed E-state index contributed by atoms with van der Waals surface area (Å²) in [6.45, 7) is 17.6. The smallest absolute Gasteiger partial charge is 0.312 e. The first kappa shape index (κ1) is 65.3. The van der Waals surface area contributed by atoms with E-state index in [1.807, 2.05) is 78.8 Å². The van der Waals surface area contributed by atoms with Crippen LogP contribution in [0.1, 0.15) is 124 Å². The molecule has 1 heterocycles. The molecular weight excluding hydrogens is 1020 g/mol. The maximum atomic E-state index is 14.5. The predicted octanol–water partition coefficient (Wildman–Crippen LogP) is 3.38. The summed E-state index contributed by atoms with van der Waals surface area (Å²) < 4.78 is 30.8. The lowest BCUT2D eigenvalue weighted by Crippen LogP contribution is -2.61. The highest BCUT2D eigenvalue weighted by atomic mass is 32.2. The van der Waals surface area contributed by atoms with Gasteiger partial charge in [-0.05, 0) is 68.0 Å². The van der Waals surface area contributed by atoms with E-state index in [4.69, 9.17) is 5.73 Å². The summed E-state index contributed by atoms with van der Waals surface area (Å²) in [6, 6.07) is 11.8. The van der Waals surface area contributed by atoms with Gasteiger partial charge in [-0.3, -0.25) is 43.3 Å². The van der Waals surface area contributed by atoms with Crippen LogP contribution >= 0.6 is 0 Å². The van der Waals surface area contributed by atoms with Crippen molar-refractivity contribution in [2.75, 3.05) is 33.7 Å². The minimum atomic E-state index is -4.66. The summed E-state index contributed by atoms with van der Waals surface area (Å²) in [5, 5.41) is 15.1. The molecule has 10 amide bonds. The molecule has 9 N–H and O–H groups in total. The van der Waals surface area contributed by atoms with Gasteiger partial charge in [-0.25, -0.2) is 17.9 Å². The van der Waals surface area contributed by atoms with E-state index in [1.165, 1.54) is 42.2 Å². The molecule has 3 rings (SSSR count). The van der Waals surface area contributed by atoms with Crippen molar-refractivity contribution in [3.63, 3.8) is 0 Å². The number of primary amides is 1. The lowest BCUT2D eigenvalue weighted by molar-refractivity contribution is -0.141. The van der Waals surface area contributed by atoms with Crippen LogP contribution in [0.2, 0.25) is 0 Å². The number of hydrogen-bond donors (Lipinski definition) is 8. The van der Waals surface area contributed by atoms with Crippen molar-refractivity contribution in [2.45, 2.75) is 149 Å². The number of urea groups is 1. The van der Waals surface area contributed by atoms with Gasteiger partial charge in [0.2, 0.25) is 39.6 Å². The molecule has 1 aliphatic rings. The number of benzene rings is 2. The molecule has 0 saturated heterocycles. The fourth-order valence-corrected chi connectivity index (χ4v) is 10.4. The molecule has 6 unspecified atom stereocenters. The molecule has 0 aromatic heterocycles. The Morgan fingerprint density at radius 1 is 0.731 bits per heavy atom.